The molecule has 0 aliphatic heterocycles. The number of halogens is 2. The van der Waals surface area contributed by atoms with Crippen molar-refractivity contribution >= 4 is 31.9 Å². The first-order chi connectivity index (χ1) is 9.69. The molecule has 0 bridgehead atoms. The zero-order chi connectivity index (χ0) is 14.4. The van der Waals surface area contributed by atoms with Gasteiger partial charge in [-0.1, -0.05) is 44.8 Å². The fourth-order valence-corrected chi connectivity index (χ4v) is 2.63. The van der Waals surface area contributed by atoms with E-state index in [1.807, 2.05) is 36.4 Å². The first-order valence-electron chi connectivity index (χ1n) is 6.61. The molecule has 0 saturated heterocycles. The molecule has 0 atom stereocenters. The molecule has 0 aromatic heterocycles. The fraction of sp³-hybridized carbons (Fsp3) is 0.250. The Morgan fingerprint density at radius 2 is 1.85 bits per heavy atom. The molecule has 0 aliphatic carbocycles. The summed E-state index contributed by atoms with van der Waals surface area (Å²) in [6, 6.07) is 14.0. The molecule has 0 saturated carbocycles. The SMILES string of the molecule is CCCNCc1cc(Br)ccc1Oc1cccc(Br)c1. The maximum atomic E-state index is 5.99. The van der Waals surface area contributed by atoms with Crippen LogP contribution in [0.15, 0.2) is 51.4 Å². The number of hydrogen-bond acceptors (Lipinski definition) is 2. The van der Waals surface area contributed by atoms with E-state index < -0.39 is 0 Å². The van der Waals surface area contributed by atoms with E-state index in [2.05, 4.69) is 50.2 Å². The van der Waals surface area contributed by atoms with E-state index in [4.69, 9.17) is 4.74 Å². The van der Waals surface area contributed by atoms with E-state index in [1.165, 1.54) is 0 Å². The van der Waals surface area contributed by atoms with Crippen molar-refractivity contribution < 1.29 is 4.74 Å². The van der Waals surface area contributed by atoms with E-state index in [1.54, 1.807) is 0 Å². The normalized spacial score (nSPS) is 10.6. The fourth-order valence-electron chi connectivity index (χ4n) is 1.84. The van der Waals surface area contributed by atoms with Crippen LogP contribution in [0.4, 0.5) is 0 Å². The van der Waals surface area contributed by atoms with Crippen molar-refractivity contribution in [2.75, 3.05) is 6.54 Å². The monoisotopic (exact) mass is 397 g/mol. The Balaban J connectivity index is 2.17. The van der Waals surface area contributed by atoms with Gasteiger partial charge >= 0.3 is 0 Å². The van der Waals surface area contributed by atoms with Crippen LogP contribution in [-0.2, 0) is 6.54 Å². The summed E-state index contributed by atoms with van der Waals surface area (Å²) >= 11 is 6.97. The molecule has 0 radical (unpaired) electrons. The molecule has 1 N–H and O–H groups in total. The van der Waals surface area contributed by atoms with Gasteiger partial charge in [0.1, 0.15) is 11.5 Å². The van der Waals surface area contributed by atoms with Crippen molar-refractivity contribution in [1.29, 1.82) is 0 Å². The lowest BCUT2D eigenvalue weighted by molar-refractivity contribution is 0.472. The Morgan fingerprint density at radius 1 is 1.05 bits per heavy atom. The molecule has 0 aliphatic rings. The molecule has 106 valence electrons. The summed E-state index contributed by atoms with van der Waals surface area (Å²) in [6.45, 7) is 3.96. The summed E-state index contributed by atoms with van der Waals surface area (Å²) < 4.78 is 8.06. The Bertz CT molecular complexity index is 572. The molecular formula is C16H17Br2NO. The molecule has 0 unspecified atom stereocenters. The van der Waals surface area contributed by atoms with Crippen LogP contribution in [0.3, 0.4) is 0 Å². The molecule has 2 aromatic rings. The largest absolute Gasteiger partial charge is 0.457 e. The average Bonchev–Trinajstić information content (AvgIpc) is 2.42. The van der Waals surface area contributed by atoms with E-state index in [0.29, 0.717) is 0 Å². The lowest BCUT2D eigenvalue weighted by Gasteiger charge is -2.12. The minimum absolute atomic E-state index is 0.802. The van der Waals surface area contributed by atoms with Crippen molar-refractivity contribution in [3.8, 4) is 11.5 Å². The Kier molecular flexibility index (Phi) is 6.07. The maximum absolute atomic E-state index is 5.99. The summed E-state index contributed by atoms with van der Waals surface area (Å²) in [4.78, 5) is 0. The number of hydrogen-bond donors (Lipinski definition) is 1. The molecular weight excluding hydrogens is 382 g/mol. The summed E-state index contributed by atoms with van der Waals surface area (Å²) in [5.74, 6) is 1.72. The maximum Gasteiger partial charge on any atom is 0.131 e. The summed E-state index contributed by atoms with van der Waals surface area (Å²) in [5, 5.41) is 3.41. The van der Waals surface area contributed by atoms with Crippen LogP contribution in [0.5, 0.6) is 11.5 Å². The van der Waals surface area contributed by atoms with E-state index in [-0.39, 0.29) is 0 Å². The van der Waals surface area contributed by atoms with Crippen molar-refractivity contribution in [2.24, 2.45) is 0 Å². The van der Waals surface area contributed by atoms with Crippen molar-refractivity contribution in [2.45, 2.75) is 19.9 Å². The van der Waals surface area contributed by atoms with Crippen LogP contribution in [0.1, 0.15) is 18.9 Å². The number of nitrogens with one attached hydrogen (secondary N) is 1. The summed E-state index contributed by atoms with van der Waals surface area (Å²) in [7, 11) is 0. The molecule has 0 amide bonds. The second-order valence-corrected chi connectivity index (χ2v) is 6.32. The third kappa shape index (κ3) is 4.62. The topological polar surface area (TPSA) is 21.3 Å². The quantitative estimate of drug-likeness (QED) is 0.648. The zero-order valence-electron chi connectivity index (χ0n) is 11.3. The van der Waals surface area contributed by atoms with Crippen LogP contribution < -0.4 is 10.1 Å². The number of ether oxygens (including phenoxy) is 1. The predicted octanol–water partition coefficient (Wildman–Crippen LogP) is 5.50. The summed E-state index contributed by atoms with van der Waals surface area (Å²) in [6.07, 6.45) is 1.12. The van der Waals surface area contributed by atoms with Gasteiger partial charge in [-0.05, 0) is 49.4 Å². The van der Waals surface area contributed by atoms with Gasteiger partial charge in [-0.2, -0.15) is 0 Å². The highest BCUT2D eigenvalue weighted by Gasteiger charge is 2.06. The highest BCUT2D eigenvalue weighted by Crippen LogP contribution is 2.29. The zero-order valence-corrected chi connectivity index (χ0v) is 14.5. The molecule has 2 nitrogen and oxygen atoms in total. The van der Waals surface area contributed by atoms with Crippen LogP contribution in [0, 0.1) is 0 Å². The van der Waals surface area contributed by atoms with Crippen LogP contribution in [0.2, 0.25) is 0 Å². The Labute approximate surface area is 136 Å². The van der Waals surface area contributed by atoms with Crippen molar-refractivity contribution in [1.82, 2.24) is 5.32 Å². The van der Waals surface area contributed by atoms with Crippen molar-refractivity contribution in [3.63, 3.8) is 0 Å². The summed E-state index contributed by atoms with van der Waals surface area (Å²) in [5.41, 5.74) is 1.15. The predicted molar refractivity (Wildman–Crippen MR) is 90.4 cm³/mol. The second-order valence-electron chi connectivity index (χ2n) is 4.49. The lowest BCUT2D eigenvalue weighted by atomic mass is 10.2. The molecule has 0 spiro atoms. The first-order valence-corrected chi connectivity index (χ1v) is 8.20. The Hall–Kier alpha value is -0.840. The number of rotatable bonds is 6. The smallest absolute Gasteiger partial charge is 0.131 e. The molecule has 0 fully saturated rings. The minimum Gasteiger partial charge on any atom is -0.457 e. The van der Waals surface area contributed by atoms with Gasteiger partial charge in [0.15, 0.2) is 0 Å². The second kappa shape index (κ2) is 7.81. The van der Waals surface area contributed by atoms with Gasteiger partial charge < -0.3 is 10.1 Å². The Morgan fingerprint density at radius 3 is 2.60 bits per heavy atom. The van der Waals surface area contributed by atoms with Gasteiger partial charge in [0.25, 0.3) is 0 Å². The van der Waals surface area contributed by atoms with Gasteiger partial charge in [-0.3, -0.25) is 0 Å². The third-order valence-corrected chi connectivity index (χ3v) is 3.78. The van der Waals surface area contributed by atoms with Gasteiger partial charge in [0.2, 0.25) is 0 Å². The highest BCUT2D eigenvalue weighted by atomic mass is 79.9. The number of benzene rings is 2. The van der Waals surface area contributed by atoms with Gasteiger partial charge in [-0.25, -0.2) is 0 Å². The van der Waals surface area contributed by atoms with Gasteiger partial charge in [0, 0.05) is 21.1 Å². The van der Waals surface area contributed by atoms with E-state index in [9.17, 15) is 0 Å². The molecule has 2 rings (SSSR count). The van der Waals surface area contributed by atoms with Gasteiger partial charge in [0.05, 0.1) is 0 Å². The molecule has 20 heavy (non-hydrogen) atoms. The minimum atomic E-state index is 0.802. The lowest BCUT2D eigenvalue weighted by Crippen LogP contribution is -2.14. The molecule has 4 heteroatoms. The van der Waals surface area contributed by atoms with Crippen molar-refractivity contribution in [3.05, 3.63) is 57.0 Å². The third-order valence-electron chi connectivity index (χ3n) is 2.79. The first kappa shape index (κ1) is 15.5. The molecule has 0 heterocycles. The standard InChI is InChI=1S/C16H17Br2NO/c1-2-8-19-11-12-9-14(18)6-7-16(12)20-15-5-3-4-13(17)10-15/h3-7,9-10,19H,2,8,11H2,1H3. The highest BCUT2D eigenvalue weighted by molar-refractivity contribution is 9.10. The van der Waals surface area contributed by atoms with E-state index >= 15 is 0 Å². The average molecular weight is 399 g/mol. The van der Waals surface area contributed by atoms with Gasteiger partial charge in [-0.15, -0.1) is 0 Å². The van der Waals surface area contributed by atoms with Crippen LogP contribution in [0.25, 0.3) is 0 Å². The van der Waals surface area contributed by atoms with Crippen LogP contribution in [-0.4, -0.2) is 6.54 Å². The van der Waals surface area contributed by atoms with E-state index in [0.717, 1.165) is 45.5 Å². The molecule has 2 aromatic carbocycles. The van der Waals surface area contributed by atoms with Crippen LogP contribution >= 0.6 is 31.9 Å².